The molecule has 0 spiro atoms. The quantitative estimate of drug-likeness (QED) is 0.683. The molecule has 0 aromatic carbocycles. The molecule has 1 saturated heterocycles. The van der Waals surface area contributed by atoms with E-state index in [1.807, 2.05) is 13.8 Å². The monoisotopic (exact) mass is 266 g/mol. The second-order valence-electron chi connectivity index (χ2n) is 4.98. The van der Waals surface area contributed by atoms with Crippen LogP contribution >= 0.6 is 0 Å². The smallest absolute Gasteiger partial charge is 0.279 e. The first-order valence-electron chi connectivity index (χ1n) is 5.81. The van der Waals surface area contributed by atoms with E-state index in [1.54, 1.807) is 0 Å². The van der Waals surface area contributed by atoms with Crippen molar-refractivity contribution in [1.29, 1.82) is 0 Å². The lowest BCUT2D eigenvalue weighted by Gasteiger charge is -2.29. The Morgan fingerprint density at radius 3 is 2.47 bits per heavy atom. The molecule has 0 amide bonds. The van der Waals surface area contributed by atoms with Gasteiger partial charge in [-0.25, -0.2) is 4.72 Å². The molecule has 17 heavy (non-hydrogen) atoms. The van der Waals surface area contributed by atoms with E-state index < -0.39 is 10.2 Å². The van der Waals surface area contributed by atoms with E-state index in [2.05, 4.69) is 4.72 Å². The van der Waals surface area contributed by atoms with Crippen LogP contribution in [0.3, 0.4) is 0 Å². The fourth-order valence-electron chi connectivity index (χ4n) is 1.56. The van der Waals surface area contributed by atoms with Crippen LogP contribution in [-0.2, 0) is 14.9 Å². The lowest BCUT2D eigenvalue weighted by Crippen LogP contribution is -2.48. The number of hydrogen-bond acceptors (Lipinski definition) is 4. The van der Waals surface area contributed by atoms with Crippen LogP contribution in [0.2, 0.25) is 0 Å². The summed E-state index contributed by atoms with van der Waals surface area (Å²) < 4.78 is 33.0. The molecule has 1 heterocycles. The molecule has 0 radical (unpaired) electrons. The van der Waals surface area contributed by atoms with Crippen molar-refractivity contribution in [2.75, 3.05) is 39.5 Å². The predicted molar refractivity (Wildman–Crippen MR) is 64.8 cm³/mol. The molecule has 0 aromatic heterocycles. The maximum atomic E-state index is 11.9. The third-order valence-electron chi connectivity index (χ3n) is 2.83. The zero-order valence-corrected chi connectivity index (χ0v) is 11.3. The van der Waals surface area contributed by atoms with Gasteiger partial charge in [-0.1, -0.05) is 13.8 Å². The van der Waals surface area contributed by atoms with Crippen LogP contribution in [0.5, 0.6) is 0 Å². The van der Waals surface area contributed by atoms with Crippen molar-refractivity contribution in [2.24, 2.45) is 5.41 Å². The fourth-order valence-corrected chi connectivity index (χ4v) is 2.94. The van der Waals surface area contributed by atoms with Gasteiger partial charge in [0.25, 0.3) is 10.2 Å². The molecule has 1 aliphatic rings. The largest absolute Gasteiger partial charge is 0.396 e. The maximum Gasteiger partial charge on any atom is 0.279 e. The summed E-state index contributed by atoms with van der Waals surface area (Å²) in [6, 6.07) is 0. The van der Waals surface area contributed by atoms with Crippen LogP contribution in [0.1, 0.15) is 20.3 Å². The summed E-state index contributed by atoms with van der Waals surface area (Å²) in [7, 11) is -3.41. The highest BCUT2D eigenvalue weighted by Crippen LogP contribution is 2.18. The van der Waals surface area contributed by atoms with Crippen molar-refractivity contribution in [1.82, 2.24) is 9.03 Å². The van der Waals surface area contributed by atoms with Crippen molar-refractivity contribution in [3.63, 3.8) is 0 Å². The van der Waals surface area contributed by atoms with Gasteiger partial charge in [0.2, 0.25) is 0 Å². The first kappa shape index (κ1) is 14.8. The van der Waals surface area contributed by atoms with Gasteiger partial charge in [0.05, 0.1) is 13.2 Å². The fraction of sp³-hybridized carbons (Fsp3) is 1.00. The highest BCUT2D eigenvalue weighted by atomic mass is 32.2. The predicted octanol–water partition coefficient (Wildman–Crippen LogP) is -0.438. The summed E-state index contributed by atoms with van der Waals surface area (Å²) in [5, 5.41) is 8.88. The van der Waals surface area contributed by atoms with Crippen LogP contribution in [0.4, 0.5) is 0 Å². The minimum atomic E-state index is -3.41. The lowest BCUT2D eigenvalue weighted by atomic mass is 9.90. The molecule has 0 aliphatic carbocycles. The van der Waals surface area contributed by atoms with Crippen molar-refractivity contribution in [3.05, 3.63) is 0 Å². The van der Waals surface area contributed by atoms with E-state index in [1.165, 1.54) is 4.31 Å². The highest BCUT2D eigenvalue weighted by Gasteiger charge is 2.26. The zero-order valence-electron chi connectivity index (χ0n) is 10.5. The van der Waals surface area contributed by atoms with Crippen LogP contribution in [0.15, 0.2) is 0 Å². The summed E-state index contributed by atoms with van der Waals surface area (Å²) in [6.07, 6.45) is 0.568. The van der Waals surface area contributed by atoms with Gasteiger partial charge in [0.15, 0.2) is 0 Å². The molecular weight excluding hydrogens is 244 g/mol. The number of aliphatic hydroxyl groups is 1. The standard InChI is InChI=1S/C10H22N2O4S/c1-10(2,3-6-13)9-11-17(14,15)12-4-7-16-8-5-12/h11,13H,3-9H2,1-2H3. The molecule has 0 unspecified atom stereocenters. The normalized spacial score (nSPS) is 19.5. The molecule has 0 bridgehead atoms. The number of rotatable bonds is 6. The number of ether oxygens (including phenoxy) is 1. The molecule has 1 aliphatic heterocycles. The van der Waals surface area contributed by atoms with Gasteiger partial charge in [-0.15, -0.1) is 0 Å². The average molecular weight is 266 g/mol. The third-order valence-corrected chi connectivity index (χ3v) is 4.39. The van der Waals surface area contributed by atoms with Gasteiger partial charge in [-0.05, 0) is 11.8 Å². The second-order valence-corrected chi connectivity index (χ2v) is 6.73. The summed E-state index contributed by atoms with van der Waals surface area (Å²) in [4.78, 5) is 0. The number of morpholine rings is 1. The van der Waals surface area contributed by atoms with E-state index in [0.717, 1.165) is 0 Å². The van der Waals surface area contributed by atoms with Gasteiger partial charge >= 0.3 is 0 Å². The second kappa shape index (κ2) is 6.10. The summed E-state index contributed by atoms with van der Waals surface area (Å²) in [5.41, 5.74) is -0.242. The van der Waals surface area contributed by atoms with Gasteiger partial charge in [0, 0.05) is 26.2 Å². The molecule has 2 N–H and O–H groups in total. The Hall–Kier alpha value is -0.210. The molecule has 0 saturated carbocycles. The van der Waals surface area contributed by atoms with Crippen LogP contribution in [-0.4, -0.2) is 57.3 Å². The van der Waals surface area contributed by atoms with E-state index in [0.29, 0.717) is 39.3 Å². The molecule has 0 aromatic rings. The number of aliphatic hydroxyl groups excluding tert-OH is 1. The highest BCUT2D eigenvalue weighted by molar-refractivity contribution is 7.87. The molecule has 0 atom stereocenters. The Morgan fingerprint density at radius 1 is 1.35 bits per heavy atom. The Kier molecular flexibility index (Phi) is 5.33. The minimum absolute atomic E-state index is 0.0618. The van der Waals surface area contributed by atoms with Crippen molar-refractivity contribution >= 4 is 10.2 Å². The van der Waals surface area contributed by atoms with Gasteiger partial charge in [-0.3, -0.25) is 0 Å². The maximum absolute atomic E-state index is 11.9. The molecule has 102 valence electrons. The topological polar surface area (TPSA) is 78.9 Å². The summed E-state index contributed by atoms with van der Waals surface area (Å²) in [6.45, 7) is 5.92. The average Bonchev–Trinajstić information content (AvgIpc) is 2.28. The third kappa shape index (κ3) is 4.89. The Balaban J connectivity index is 2.49. The van der Waals surface area contributed by atoms with Gasteiger partial charge in [-0.2, -0.15) is 12.7 Å². The Morgan fingerprint density at radius 2 is 1.94 bits per heavy atom. The molecule has 1 rings (SSSR count). The minimum Gasteiger partial charge on any atom is -0.396 e. The van der Waals surface area contributed by atoms with Crippen LogP contribution in [0, 0.1) is 5.41 Å². The molecule has 7 heteroatoms. The van der Waals surface area contributed by atoms with Crippen molar-refractivity contribution < 1.29 is 18.3 Å². The Labute approximate surface area is 103 Å². The summed E-state index contributed by atoms with van der Waals surface area (Å²) in [5.74, 6) is 0. The first-order chi connectivity index (χ1) is 7.87. The zero-order chi connectivity index (χ0) is 12.9. The van der Waals surface area contributed by atoms with E-state index in [-0.39, 0.29) is 12.0 Å². The van der Waals surface area contributed by atoms with Gasteiger partial charge in [0.1, 0.15) is 0 Å². The van der Waals surface area contributed by atoms with E-state index in [9.17, 15) is 8.42 Å². The number of nitrogens with one attached hydrogen (secondary N) is 1. The summed E-state index contributed by atoms with van der Waals surface area (Å²) >= 11 is 0. The van der Waals surface area contributed by atoms with E-state index >= 15 is 0 Å². The molecule has 1 fully saturated rings. The Bertz CT molecular complexity index is 323. The molecule has 6 nitrogen and oxygen atoms in total. The first-order valence-corrected chi connectivity index (χ1v) is 7.25. The lowest BCUT2D eigenvalue weighted by molar-refractivity contribution is 0.0722. The van der Waals surface area contributed by atoms with Crippen LogP contribution < -0.4 is 4.72 Å². The van der Waals surface area contributed by atoms with E-state index in [4.69, 9.17) is 9.84 Å². The van der Waals surface area contributed by atoms with Crippen LogP contribution in [0.25, 0.3) is 0 Å². The SMILES string of the molecule is CC(C)(CCO)CNS(=O)(=O)N1CCOCC1. The van der Waals surface area contributed by atoms with Crippen molar-refractivity contribution in [3.8, 4) is 0 Å². The number of nitrogens with zero attached hydrogens (tertiary/aromatic N) is 1. The van der Waals surface area contributed by atoms with Gasteiger partial charge < -0.3 is 9.84 Å². The van der Waals surface area contributed by atoms with Crippen molar-refractivity contribution in [2.45, 2.75) is 20.3 Å². The number of hydrogen-bond donors (Lipinski definition) is 2. The molecular formula is C10H22N2O4S.